The van der Waals surface area contributed by atoms with Crippen LogP contribution in [0.2, 0.25) is 0 Å². The molecule has 0 saturated heterocycles. The molecule has 0 spiro atoms. The second-order valence-electron chi connectivity index (χ2n) is 3.95. The Hall–Kier alpha value is -1.07. The molecule has 100 valence electrons. The molecule has 5 heteroatoms. The minimum atomic E-state index is -0.526. The lowest BCUT2D eigenvalue weighted by atomic mass is 10.2. The fourth-order valence-corrected chi connectivity index (χ4v) is 1.88. The lowest BCUT2D eigenvalue weighted by Gasteiger charge is -2.16. The zero-order valence-corrected chi connectivity index (χ0v) is 12.4. The summed E-state index contributed by atoms with van der Waals surface area (Å²) < 4.78 is 11.5. The van der Waals surface area contributed by atoms with Gasteiger partial charge in [-0.15, -0.1) is 0 Å². The van der Waals surface area contributed by atoms with Crippen LogP contribution in [-0.4, -0.2) is 32.3 Å². The van der Waals surface area contributed by atoms with Crippen LogP contribution < -0.4 is 10.1 Å². The minimum Gasteiger partial charge on any atom is -0.481 e. The monoisotopic (exact) mass is 315 g/mol. The molecule has 0 saturated carbocycles. The SMILES string of the molecule is COCCNC(=O)C(C)Oc1ccc(Br)cc1C. The summed E-state index contributed by atoms with van der Waals surface area (Å²) in [6, 6.07) is 5.68. The van der Waals surface area contributed by atoms with Crippen LogP contribution in [0.25, 0.3) is 0 Å². The number of amides is 1. The van der Waals surface area contributed by atoms with Crippen molar-refractivity contribution in [2.24, 2.45) is 0 Å². The Bertz CT molecular complexity index is 409. The van der Waals surface area contributed by atoms with Crippen LogP contribution in [0.5, 0.6) is 5.75 Å². The van der Waals surface area contributed by atoms with E-state index in [4.69, 9.17) is 9.47 Å². The number of methoxy groups -OCH3 is 1. The van der Waals surface area contributed by atoms with Crippen LogP contribution in [-0.2, 0) is 9.53 Å². The van der Waals surface area contributed by atoms with E-state index < -0.39 is 6.10 Å². The number of hydrogen-bond acceptors (Lipinski definition) is 3. The first kappa shape index (κ1) is 15.0. The van der Waals surface area contributed by atoms with Crippen molar-refractivity contribution in [1.82, 2.24) is 5.32 Å². The van der Waals surface area contributed by atoms with Crippen molar-refractivity contribution in [2.45, 2.75) is 20.0 Å². The van der Waals surface area contributed by atoms with Crippen molar-refractivity contribution >= 4 is 21.8 Å². The number of aryl methyl sites for hydroxylation is 1. The molecule has 0 heterocycles. The summed E-state index contributed by atoms with van der Waals surface area (Å²) in [4.78, 5) is 11.7. The van der Waals surface area contributed by atoms with Crippen molar-refractivity contribution in [3.8, 4) is 5.75 Å². The summed E-state index contributed by atoms with van der Waals surface area (Å²) in [6.45, 7) is 4.65. The summed E-state index contributed by atoms with van der Waals surface area (Å²) in [5.41, 5.74) is 0.987. The van der Waals surface area contributed by atoms with E-state index in [2.05, 4.69) is 21.2 Å². The topological polar surface area (TPSA) is 47.6 Å². The van der Waals surface area contributed by atoms with Gasteiger partial charge in [0.2, 0.25) is 0 Å². The Balaban J connectivity index is 2.53. The van der Waals surface area contributed by atoms with Gasteiger partial charge in [0.05, 0.1) is 6.61 Å². The quantitative estimate of drug-likeness (QED) is 0.819. The Labute approximate surface area is 116 Å². The largest absolute Gasteiger partial charge is 0.481 e. The maximum atomic E-state index is 11.7. The van der Waals surface area contributed by atoms with Gasteiger partial charge < -0.3 is 14.8 Å². The fourth-order valence-electron chi connectivity index (χ4n) is 1.41. The summed E-state index contributed by atoms with van der Waals surface area (Å²) in [6.07, 6.45) is -0.526. The predicted molar refractivity (Wildman–Crippen MR) is 73.9 cm³/mol. The zero-order chi connectivity index (χ0) is 13.5. The molecular formula is C13H18BrNO3. The lowest BCUT2D eigenvalue weighted by molar-refractivity contribution is -0.127. The molecule has 1 amide bonds. The summed E-state index contributed by atoms with van der Waals surface area (Å²) >= 11 is 3.38. The normalized spacial score (nSPS) is 12.0. The van der Waals surface area contributed by atoms with Gasteiger partial charge in [0, 0.05) is 18.1 Å². The van der Waals surface area contributed by atoms with E-state index >= 15 is 0 Å². The molecule has 0 fully saturated rings. The van der Waals surface area contributed by atoms with Crippen LogP contribution >= 0.6 is 15.9 Å². The van der Waals surface area contributed by atoms with Gasteiger partial charge in [-0.3, -0.25) is 4.79 Å². The van der Waals surface area contributed by atoms with Crippen molar-refractivity contribution in [1.29, 1.82) is 0 Å². The molecule has 0 aliphatic heterocycles. The van der Waals surface area contributed by atoms with E-state index in [1.807, 2.05) is 25.1 Å². The van der Waals surface area contributed by atoms with Gasteiger partial charge >= 0.3 is 0 Å². The maximum absolute atomic E-state index is 11.7. The molecule has 1 aromatic rings. The third kappa shape index (κ3) is 4.66. The van der Waals surface area contributed by atoms with Crippen LogP contribution in [0.3, 0.4) is 0 Å². The van der Waals surface area contributed by atoms with E-state index in [0.29, 0.717) is 18.9 Å². The van der Waals surface area contributed by atoms with Gasteiger partial charge in [-0.25, -0.2) is 0 Å². The van der Waals surface area contributed by atoms with Crippen molar-refractivity contribution in [2.75, 3.05) is 20.3 Å². The molecule has 0 radical (unpaired) electrons. The van der Waals surface area contributed by atoms with Gasteiger partial charge in [-0.2, -0.15) is 0 Å². The maximum Gasteiger partial charge on any atom is 0.260 e. The molecule has 0 aromatic heterocycles. The lowest BCUT2D eigenvalue weighted by Crippen LogP contribution is -2.38. The first-order valence-corrected chi connectivity index (χ1v) is 6.53. The summed E-state index contributed by atoms with van der Waals surface area (Å²) in [7, 11) is 1.59. The number of benzene rings is 1. The minimum absolute atomic E-state index is 0.144. The first-order valence-electron chi connectivity index (χ1n) is 5.74. The van der Waals surface area contributed by atoms with Crippen LogP contribution in [0.4, 0.5) is 0 Å². The third-order valence-electron chi connectivity index (χ3n) is 2.42. The highest BCUT2D eigenvalue weighted by molar-refractivity contribution is 9.10. The van der Waals surface area contributed by atoms with Crippen molar-refractivity contribution in [3.05, 3.63) is 28.2 Å². The number of carbonyl (C=O) groups excluding carboxylic acids is 1. The van der Waals surface area contributed by atoms with Crippen LogP contribution in [0.1, 0.15) is 12.5 Å². The van der Waals surface area contributed by atoms with Crippen LogP contribution in [0, 0.1) is 6.92 Å². The molecule has 1 aromatic carbocycles. The average Bonchev–Trinajstić information content (AvgIpc) is 2.32. The molecule has 1 atom stereocenters. The van der Waals surface area contributed by atoms with Crippen molar-refractivity contribution < 1.29 is 14.3 Å². The second kappa shape index (κ2) is 7.38. The van der Waals surface area contributed by atoms with E-state index in [1.165, 1.54) is 0 Å². The molecule has 1 unspecified atom stereocenters. The Morgan fingerprint density at radius 1 is 1.50 bits per heavy atom. The molecule has 1 N–H and O–H groups in total. The zero-order valence-electron chi connectivity index (χ0n) is 10.8. The molecule has 0 aliphatic rings. The standard InChI is InChI=1S/C13H18BrNO3/c1-9-8-11(14)4-5-12(9)18-10(2)13(16)15-6-7-17-3/h4-5,8,10H,6-7H2,1-3H3,(H,15,16). The van der Waals surface area contributed by atoms with E-state index in [0.717, 1.165) is 10.0 Å². The number of rotatable bonds is 6. The highest BCUT2D eigenvalue weighted by Crippen LogP contribution is 2.23. The third-order valence-corrected chi connectivity index (χ3v) is 2.91. The average molecular weight is 316 g/mol. The van der Waals surface area contributed by atoms with E-state index in [9.17, 15) is 4.79 Å². The van der Waals surface area contributed by atoms with Gasteiger partial charge in [0.15, 0.2) is 6.10 Å². The Morgan fingerprint density at radius 2 is 2.22 bits per heavy atom. The molecule has 18 heavy (non-hydrogen) atoms. The van der Waals surface area contributed by atoms with E-state index in [1.54, 1.807) is 14.0 Å². The van der Waals surface area contributed by atoms with Gasteiger partial charge in [0.1, 0.15) is 5.75 Å². The number of nitrogens with one attached hydrogen (secondary N) is 1. The smallest absolute Gasteiger partial charge is 0.260 e. The van der Waals surface area contributed by atoms with Crippen molar-refractivity contribution in [3.63, 3.8) is 0 Å². The number of ether oxygens (including phenoxy) is 2. The molecule has 1 rings (SSSR count). The van der Waals surface area contributed by atoms with Gasteiger partial charge in [0.25, 0.3) is 5.91 Å². The predicted octanol–water partition coefficient (Wildman–Crippen LogP) is 2.29. The highest BCUT2D eigenvalue weighted by Gasteiger charge is 2.14. The highest BCUT2D eigenvalue weighted by atomic mass is 79.9. The van der Waals surface area contributed by atoms with Crippen LogP contribution in [0.15, 0.2) is 22.7 Å². The Kier molecular flexibility index (Phi) is 6.15. The number of hydrogen-bond donors (Lipinski definition) is 1. The second-order valence-corrected chi connectivity index (χ2v) is 4.87. The molecular weight excluding hydrogens is 298 g/mol. The van der Waals surface area contributed by atoms with Gasteiger partial charge in [-0.05, 0) is 37.6 Å². The molecule has 0 bridgehead atoms. The first-order chi connectivity index (χ1) is 8.54. The van der Waals surface area contributed by atoms with Gasteiger partial charge in [-0.1, -0.05) is 15.9 Å². The van der Waals surface area contributed by atoms with E-state index in [-0.39, 0.29) is 5.91 Å². The molecule has 0 aliphatic carbocycles. The Morgan fingerprint density at radius 3 is 2.83 bits per heavy atom. The fraction of sp³-hybridized carbons (Fsp3) is 0.462. The summed E-state index contributed by atoms with van der Waals surface area (Å²) in [5, 5.41) is 2.74. The number of carbonyl (C=O) groups is 1. The number of halogens is 1. The summed E-state index contributed by atoms with van der Waals surface area (Å²) in [5.74, 6) is 0.571. The molecule has 4 nitrogen and oxygen atoms in total.